The first-order valence-corrected chi connectivity index (χ1v) is 6.72. The predicted octanol–water partition coefficient (Wildman–Crippen LogP) is 2.79. The molecule has 1 N–H and O–H groups in total. The van der Waals surface area contributed by atoms with Crippen LogP contribution in [0.3, 0.4) is 0 Å². The number of anilines is 1. The predicted molar refractivity (Wildman–Crippen MR) is 78.2 cm³/mol. The molecule has 1 aliphatic rings. The van der Waals surface area contributed by atoms with Gasteiger partial charge in [0, 0.05) is 12.6 Å². The Kier molecular flexibility index (Phi) is 4.74. The summed E-state index contributed by atoms with van der Waals surface area (Å²) in [7, 11) is 1.70. The maximum absolute atomic E-state index is 12.1. The molecule has 0 spiro atoms. The second-order valence-corrected chi connectivity index (χ2v) is 4.79. The zero-order chi connectivity index (χ0) is 14.5. The molecule has 0 unspecified atom stereocenters. The van der Waals surface area contributed by atoms with Crippen molar-refractivity contribution >= 4 is 23.2 Å². The number of carbonyl (C=O) groups is 1. The van der Waals surface area contributed by atoms with Gasteiger partial charge in [-0.1, -0.05) is 17.7 Å². The van der Waals surface area contributed by atoms with Crippen LogP contribution in [0.2, 0.25) is 5.28 Å². The average Bonchev–Trinajstić information content (AvgIpc) is 2.46. The van der Waals surface area contributed by atoms with Gasteiger partial charge in [0.25, 0.3) is 0 Å². The molecule has 2 rings (SSSR count). The number of allylic oxidation sites excluding steroid dienone is 3. The number of aromatic nitrogens is 2. The Hall–Kier alpha value is -1.88. The Morgan fingerprint density at radius 1 is 1.55 bits per heavy atom. The summed E-state index contributed by atoms with van der Waals surface area (Å²) in [6.45, 7) is 1.93. The molecule has 0 saturated heterocycles. The molecule has 0 aliphatic heterocycles. The zero-order valence-electron chi connectivity index (χ0n) is 11.4. The van der Waals surface area contributed by atoms with Gasteiger partial charge >= 0.3 is 0 Å². The maximum Gasteiger partial charge on any atom is 0.224 e. The van der Waals surface area contributed by atoms with Crippen molar-refractivity contribution in [2.45, 2.75) is 19.8 Å². The van der Waals surface area contributed by atoms with Crippen LogP contribution in [0.4, 0.5) is 5.82 Å². The SMILES string of the molecule is CNc1nc(Cl)ncc1OCC(=O)C1=C(C)CCC=C1. The van der Waals surface area contributed by atoms with E-state index in [2.05, 4.69) is 15.3 Å². The normalized spacial score (nSPS) is 14.3. The summed E-state index contributed by atoms with van der Waals surface area (Å²) < 4.78 is 5.48. The number of ketones is 1. The van der Waals surface area contributed by atoms with Crippen molar-refractivity contribution < 1.29 is 9.53 Å². The second kappa shape index (κ2) is 6.52. The fourth-order valence-electron chi connectivity index (χ4n) is 1.96. The average molecular weight is 294 g/mol. The van der Waals surface area contributed by atoms with Crippen molar-refractivity contribution in [1.82, 2.24) is 9.97 Å². The summed E-state index contributed by atoms with van der Waals surface area (Å²) in [5, 5.41) is 2.98. The van der Waals surface area contributed by atoms with Gasteiger partial charge in [0.1, 0.15) is 0 Å². The van der Waals surface area contributed by atoms with E-state index in [0.717, 1.165) is 24.0 Å². The first kappa shape index (κ1) is 14.5. The van der Waals surface area contributed by atoms with E-state index in [1.165, 1.54) is 6.20 Å². The van der Waals surface area contributed by atoms with E-state index in [-0.39, 0.29) is 17.7 Å². The van der Waals surface area contributed by atoms with Gasteiger partial charge in [-0.15, -0.1) is 0 Å². The second-order valence-electron chi connectivity index (χ2n) is 4.45. The number of Topliss-reactive ketones (excluding diaryl/α,β-unsaturated/α-hetero) is 1. The maximum atomic E-state index is 12.1. The molecule has 6 heteroatoms. The van der Waals surface area contributed by atoms with E-state index in [1.54, 1.807) is 7.05 Å². The van der Waals surface area contributed by atoms with Crippen LogP contribution in [0.25, 0.3) is 0 Å². The van der Waals surface area contributed by atoms with Crippen LogP contribution in [0.5, 0.6) is 5.75 Å². The lowest BCUT2D eigenvalue weighted by molar-refractivity contribution is -0.117. The molecule has 106 valence electrons. The largest absolute Gasteiger partial charge is 0.480 e. The molecule has 1 heterocycles. The van der Waals surface area contributed by atoms with Crippen molar-refractivity contribution in [1.29, 1.82) is 0 Å². The van der Waals surface area contributed by atoms with Crippen LogP contribution in [0, 0.1) is 0 Å². The fraction of sp³-hybridized carbons (Fsp3) is 0.357. The topological polar surface area (TPSA) is 64.1 Å². The van der Waals surface area contributed by atoms with Gasteiger partial charge in [-0.25, -0.2) is 4.98 Å². The molecule has 1 aromatic rings. The lowest BCUT2D eigenvalue weighted by atomic mass is 9.96. The molecular formula is C14H16ClN3O2. The highest BCUT2D eigenvalue weighted by Gasteiger charge is 2.15. The van der Waals surface area contributed by atoms with Crippen molar-refractivity contribution in [2.24, 2.45) is 0 Å². The third-order valence-electron chi connectivity index (χ3n) is 3.05. The van der Waals surface area contributed by atoms with Gasteiger partial charge in [-0.2, -0.15) is 4.98 Å². The van der Waals surface area contributed by atoms with E-state index in [4.69, 9.17) is 16.3 Å². The molecule has 5 nitrogen and oxygen atoms in total. The molecule has 0 fully saturated rings. The van der Waals surface area contributed by atoms with E-state index in [0.29, 0.717) is 11.6 Å². The van der Waals surface area contributed by atoms with E-state index in [1.807, 2.05) is 19.1 Å². The number of carbonyl (C=O) groups excluding carboxylic acids is 1. The summed E-state index contributed by atoms with van der Waals surface area (Å²) >= 11 is 5.70. The van der Waals surface area contributed by atoms with Gasteiger partial charge in [0.15, 0.2) is 24.0 Å². The molecule has 0 aromatic carbocycles. The molecular weight excluding hydrogens is 278 g/mol. The first-order valence-electron chi connectivity index (χ1n) is 6.34. The number of rotatable bonds is 5. The molecule has 0 radical (unpaired) electrons. The van der Waals surface area contributed by atoms with E-state index in [9.17, 15) is 4.79 Å². The van der Waals surface area contributed by atoms with E-state index < -0.39 is 0 Å². The quantitative estimate of drug-likeness (QED) is 0.846. The molecule has 1 aromatic heterocycles. The Balaban J connectivity index is 2.06. The molecule has 0 amide bonds. The minimum absolute atomic E-state index is 0.0450. The molecule has 20 heavy (non-hydrogen) atoms. The number of halogens is 1. The Bertz CT molecular complexity index is 582. The van der Waals surface area contributed by atoms with Crippen LogP contribution in [0.1, 0.15) is 19.8 Å². The third-order valence-corrected chi connectivity index (χ3v) is 3.23. The number of hydrogen-bond donors (Lipinski definition) is 1. The lowest BCUT2D eigenvalue weighted by Crippen LogP contribution is -2.16. The van der Waals surface area contributed by atoms with Crippen LogP contribution < -0.4 is 10.1 Å². The highest BCUT2D eigenvalue weighted by molar-refractivity contribution is 6.28. The lowest BCUT2D eigenvalue weighted by Gasteiger charge is -2.13. The minimum Gasteiger partial charge on any atom is -0.480 e. The first-order chi connectivity index (χ1) is 9.61. The summed E-state index contributed by atoms with van der Waals surface area (Å²) in [5.41, 5.74) is 1.83. The van der Waals surface area contributed by atoms with Gasteiger partial charge in [0.2, 0.25) is 5.28 Å². The molecule has 0 bridgehead atoms. The molecule has 1 aliphatic carbocycles. The summed E-state index contributed by atoms with van der Waals surface area (Å²) in [6.07, 6.45) is 7.22. The number of nitrogens with one attached hydrogen (secondary N) is 1. The Morgan fingerprint density at radius 3 is 3.05 bits per heavy atom. The Morgan fingerprint density at radius 2 is 2.35 bits per heavy atom. The third kappa shape index (κ3) is 3.36. The number of ether oxygens (including phenoxy) is 1. The summed E-state index contributed by atoms with van der Waals surface area (Å²) in [5.74, 6) is 0.821. The van der Waals surface area contributed by atoms with Crippen LogP contribution in [-0.2, 0) is 4.79 Å². The van der Waals surface area contributed by atoms with E-state index >= 15 is 0 Å². The van der Waals surface area contributed by atoms with Gasteiger partial charge in [-0.05, 0) is 31.4 Å². The van der Waals surface area contributed by atoms with Crippen molar-refractivity contribution in [3.63, 3.8) is 0 Å². The van der Waals surface area contributed by atoms with Crippen LogP contribution >= 0.6 is 11.6 Å². The van der Waals surface area contributed by atoms with Gasteiger partial charge in [0.05, 0.1) is 6.20 Å². The zero-order valence-corrected chi connectivity index (χ0v) is 12.2. The van der Waals surface area contributed by atoms with Crippen LogP contribution in [0.15, 0.2) is 29.5 Å². The standard InChI is InChI=1S/C14H16ClN3O2/c1-9-5-3-4-6-10(9)11(19)8-20-12-7-17-14(15)18-13(12)16-2/h4,6-7H,3,5,8H2,1-2H3,(H,16,17,18). The summed E-state index contributed by atoms with van der Waals surface area (Å²) in [4.78, 5) is 20.0. The molecule has 0 saturated carbocycles. The van der Waals surface area contributed by atoms with Gasteiger partial charge < -0.3 is 10.1 Å². The molecule has 0 atom stereocenters. The Labute approximate surface area is 122 Å². The highest BCUT2D eigenvalue weighted by atomic mass is 35.5. The fourth-order valence-corrected chi connectivity index (χ4v) is 2.10. The van der Waals surface area contributed by atoms with Crippen molar-refractivity contribution in [2.75, 3.05) is 19.0 Å². The number of hydrogen-bond acceptors (Lipinski definition) is 5. The van der Waals surface area contributed by atoms with Gasteiger partial charge in [-0.3, -0.25) is 4.79 Å². The van der Waals surface area contributed by atoms with Crippen molar-refractivity contribution in [3.05, 3.63) is 34.8 Å². The van der Waals surface area contributed by atoms with Crippen molar-refractivity contribution in [3.8, 4) is 5.75 Å². The monoisotopic (exact) mass is 293 g/mol. The summed E-state index contributed by atoms with van der Waals surface area (Å²) in [6, 6.07) is 0. The highest BCUT2D eigenvalue weighted by Crippen LogP contribution is 2.23. The van der Waals surface area contributed by atoms with Crippen LogP contribution in [-0.4, -0.2) is 29.4 Å². The number of nitrogens with zero attached hydrogens (tertiary/aromatic N) is 2. The minimum atomic E-state index is -0.0459. The smallest absolute Gasteiger partial charge is 0.224 e.